The van der Waals surface area contributed by atoms with Crippen LogP contribution in [0.3, 0.4) is 0 Å². The Bertz CT molecular complexity index is 1190. The van der Waals surface area contributed by atoms with E-state index in [0.717, 1.165) is 38.5 Å². The van der Waals surface area contributed by atoms with Gasteiger partial charge in [0, 0.05) is 17.0 Å². The van der Waals surface area contributed by atoms with Gasteiger partial charge in [-0.25, -0.2) is 19.8 Å². The second kappa shape index (κ2) is 9.80. The van der Waals surface area contributed by atoms with Crippen LogP contribution in [0.25, 0.3) is 0 Å². The molecule has 0 saturated heterocycles. The molecule has 0 unspecified atom stereocenters. The Morgan fingerprint density at radius 2 is 1.77 bits per heavy atom. The molecule has 2 aromatic rings. The SMILES string of the molecule is COC(=O)N(C(=O)N/N=C1\c2ccc(Cl)cc2C[C@@]1(O)C(=O)OC)c1ccc(OC(F)(F)F)cc1. The molecule has 0 bridgehead atoms. The van der Waals surface area contributed by atoms with Crippen molar-refractivity contribution < 1.29 is 46.9 Å². The van der Waals surface area contributed by atoms with Crippen molar-refractivity contribution in [2.75, 3.05) is 19.1 Å². The maximum atomic E-state index is 12.8. The minimum Gasteiger partial charge on any atom is -0.467 e. The van der Waals surface area contributed by atoms with Gasteiger partial charge >= 0.3 is 24.5 Å². The van der Waals surface area contributed by atoms with Gasteiger partial charge in [0.25, 0.3) is 0 Å². The Morgan fingerprint density at radius 1 is 1.11 bits per heavy atom. The summed E-state index contributed by atoms with van der Waals surface area (Å²) in [6.45, 7) is 0. The number of rotatable bonds is 4. The number of carbonyl (C=O) groups is 3. The number of nitrogens with one attached hydrogen (secondary N) is 1. The molecule has 1 aliphatic rings. The quantitative estimate of drug-likeness (QED) is 0.472. The molecule has 0 aliphatic heterocycles. The first-order valence-corrected chi connectivity index (χ1v) is 9.99. The number of benzene rings is 2. The van der Waals surface area contributed by atoms with E-state index in [1.165, 1.54) is 18.2 Å². The molecule has 1 atom stereocenters. The zero-order valence-corrected chi connectivity index (χ0v) is 18.8. The van der Waals surface area contributed by atoms with Crippen molar-refractivity contribution >= 4 is 41.1 Å². The van der Waals surface area contributed by atoms with Gasteiger partial charge in [0.05, 0.1) is 19.9 Å². The zero-order chi connectivity index (χ0) is 26.0. The number of urea groups is 1. The fourth-order valence-corrected chi connectivity index (χ4v) is 3.55. The number of methoxy groups -OCH3 is 2. The number of aliphatic hydroxyl groups is 1. The molecule has 0 fully saturated rings. The van der Waals surface area contributed by atoms with Crippen molar-refractivity contribution in [3.05, 3.63) is 58.6 Å². The molecule has 0 spiro atoms. The van der Waals surface area contributed by atoms with Crippen molar-refractivity contribution in [1.82, 2.24) is 5.43 Å². The van der Waals surface area contributed by atoms with Crippen LogP contribution in [-0.4, -0.2) is 55.1 Å². The van der Waals surface area contributed by atoms with Crippen LogP contribution < -0.4 is 15.1 Å². The number of esters is 1. The van der Waals surface area contributed by atoms with Crippen LogP contribution in [0.5, 0.6) is 5.75 Å². The molecule has 0 heterocycles. The fraction of sp³-hybridized carbons (Fsp3) is 0.238. The lowest BCUT2D eigenvalue weighted by molar-refractivity contribution is -0.274. The lowest BCUT2D eigenvalue weighted by Gasteiger charge is -2.22. The standard InChI is InChI=1S/C21H17ClF3N3O7/c1-33-17(29)20(32)10-11-9-12(22)3-8-15(11)16(20)26-27-18(30)28(19(31)34-2)13-4-6-14(7-5-13)35-21(23,24)25/h3-9,32H,10H2,1-2H3,(H,27,30)/b26-16+/t20-/m0/s1. The Balaban J connectivity index is 1.93. The minimum atomic E-state index is -4.94. The third-order valence-electron chi connectivity index (χ3n) is 4.84. The van der Waals surface area contributed by atoms with Crippen LogP contribution >= 0.6 is 11.6 Å². The van der Waals surface area contributed by atoms with E-state index in [1.807, 2.05) is 5.43 Å². The minimum absolute atomic E-state index is 0.189. The largest absolute Gasteiger partial charge is 0.573 e. The Kier molecular flexibility index (Phi) is 7.22. The van der Waals surface area contributed by atoms with Crippen LogP contribution in [-0.2, 0) is 20.7 Å². The average Bonchev–Trinajstić information content (AvgIpc) is 3.08. The fourth-order valence-electron chi connectivity index (χ4n) is 3.36. The van der Waals surface area contributed by atoms with Gasteiger partial charge in [-0.2, -0.15) is 10.0 Å². The maximum Gasteiger partial charge on any atom is 0.573 e. The van der Waals surface area contributed by atoms with E-state index in [-0.39, 0.29) is 17.8 Å². The summed E-state index contributed by atoms with van der Waals surface area (Å²) in [5.41, 5.74) is 0.0571. The Hall–Kier alpha value is -3.84. The first kappa shape index (κ1) is 25.8. The van der Waals surface area contributed by atoms with E-state index in [0.29, 0.717) is 21.0 Å². The third-order valence-corrected chi connectivity index (χ3v) is 5.07. The van der Waals surface area contributed by atoms with E-state index in [1.54, 1.807) is 0 Å². The van der Waals surface area contributed by atoms with Gasteiger partial charge in [-0.1, -0.05) is 17.7 Å². The number of alkyl halides is 3. The first-order valence-electron chi connectivity index (χ1n) is 9.61. The number of fused-ring (bicyclic) bond motifs is 1. The van der Waals surface area contributed by atoms with Crippen molar-refractivity contribution in [1.29, 1.82) is 0 Å². The Labute approximate surface area is 200 Å². The number of carbonyl (C=O) groups excluding carboxylic acids is 3. The number of amides is 3. The van der Waals surface area contributed by atoms with Crippen molar-refractivity contribution in [2.45, 2.75) is 18.4 Å². The van der Waals surface area contributed by atoms with Crippen LogP contribution in [0.1, 0.15) is 11.1 Å². The number of hydrogen-bond donors (Lipinski definition) is 2. The first-order chi connectivity index (χ1) is 16.4. The van der Waals surface area contributed by atoms with Gasteiger partial charge in [0.15, 0.2) is 0 Å². The molecule has 10 nitrogen and oxygen atoms in total. The summed E-state index contributed by atoms with van der Waals surface area (Å²) < 4.78 is 50.1. The van der Waals surface area contributed by atoms with E-state index in [4.69, 9.17) is 11.6 Å². The number of imide groups is 1. The number of hydrogen-bond acceptors (Lipinski definition) is 8. The summed E-state index contributed by atoms with van der Waals surface area (Å²) in [5, 5.41) is 15.1. The predicted molar refractivity (Wildman–Crippen MR) is 115 cm³/mol. The highest BCUT2D eigenvalue weighted by atomic mass is 35.5. The molecule has 3 amide bonds. The highest BCUT2D eigenvalue weighted by Gasteiger charge is 2.50. The van der Waals surface area contributed by atoms with Gasteiger partial charge in [0.2, 0.25) is 5.60 Å². The molecule has 35 heavy (non-hydrogen) atoms. The second-order valence-electron chi connectivity index (χ2n) is 7.05. The smallest absolute Gasteiger partial charge is 0.467 e. The van der Waals surface area contributed by atoms with E-state index in [2.05, 4.69) is 19.3 Å². The average molecular weight is 516 g/mol. The number of halogens is 4. The molecule has 2 N–H and O–H groups in total. The number of anilines is 1. The molecule has 186 valence electrons. The van der Waals surface area contributed by atoms with Crippen LogP contribution in [0.2, 0.25) is 5.02 Å². The number of ether oxygens (including phenoxy) is 3. The van der Waals surface area contributed by atoms with Gasteiger partial charge < -0.3 is 19.3 Å². The van der Waals surface area contributed by atoms with Crippen molar-refractivity contribution in [3.63, 3.8) is 0 Å². The molecule has 0 aromatic heterocycles. The van der Waals surface area contributed by atoms with Gasteiger partial charge in [-0.05, 0) is 42.0 Å². The summed E-state index contributed by atoms with van der Waals surface area (Å²) >= 11 is 5.98. The predicted octanol–water partition coefficient (Wildman–Crippen LogP) is 3.39. The second-order valence-corrected chi connectivity index (χ2v) is 7.49. The van der Waals surface area contributed by atoms with Crippen LogP contribution in [0.4, 0.5) is 28.4 Å². The van der Waals surface area contributed by atoms with Crippen LogP contribution in [0.15, 0.2) is 47.6 Å². The molecular formula is C21H17ClF3N3O7. The topological polar surface area (TPSA) is 127 Å². The molecule has 2 aromatic carbocycles. The third kappa shape index (κ3) is 5.46. The van der Waals surface area contributed by atoms with E-state index >= 15 is 0 Å². The summed E-state index contributed by atoms with van der Waals surface area (Å²) in [5.74, 6) is -1.64. The summed E-state index contributed by atoms with van der Waals surface area (Å²) in [6.07, 6.45) is -6.38. The molecule has 0 radical (unpaired) electrons. The molecule has 3 rings (SSSR count). The van der Waals surface area contributed by atoms with E-state index in [9.17, 15) is 32.7 Å². The van der Waals surface area contributed by atoms with Gasteiger partial charge in [0.1, 0.15) is 11.5 Å². The monoisotopic (exact) mass is 515 g/mol. The molecule has 0 saturated carbocycles. The lowest BCUT2D eigenvalue weighted by atomic mass is 9.99. The molecule has 1 aliphatic carbocycles. The molecular weight excluding hydrogens is 499 g/mol. The van der Waals surface area contributed by atoms with Crippen molar-refractivity contribution in [2.24, 2.45) is 5.10 Å². The van der Waals surface area contributed by atoms with E-state index < -0.39 is 35.8 Å². The number of nitrogens with zero attached hydrogens (tertiary/aromatic N) is 2. The normalized spacial score (nSPS) is 18.0. The van der Waals surface area contributed by atoms with Crippen LogP contribution in [0, 0.1) is 0 Å². The van der Waals surface area contributed by atoms with Crippen molar-refractivity contribution in [3.8, 4) is 5.75 Å². The highest BCUT2D eigenvalue weighted by molar-refractivity contribution is 6.31. The summed E-state index contributed by atoms with van der Waals surface area (Å²) in [7, 11) is 2.03. The lowest BCUT2D eigenvalue weighted by Crippen LogP contribution is -2.48. The number of hydrazone groups is 1. The summed E-state index contributed by atoms with van der Waals surface area (Å²) in [4.78, 5) is 37.8. The molecule has 14 heteroatoms. The summed E-state index contributed by atoms with van der Waals surface area (Å²) in [6, 6.07) is 7.01. The maximum absolute atomic E-state index is 12.8. The zero-order valence-electron chi connectivity index (χ0n) is 18.1. The highest BCUT2D eigenvalue weighted by Crippen LogP contribution is 2.33. The van der Waals surface area contributed by atoms with Gasteiger partial charge in [-0.15, -0.1) is 13.2 Å². The Morgan fingerprint density at radius 3 is 2.34 bits per heavy atom. The van der Waals surface area contributed by atoms with Gasteiger partial charge in [-0.3, -0.25) is 0 Å².